The van der Waals surface area contributed by atoms with Crippen molar-refractivity contribution >= 4 is 17.3 Å². The molecule has 4 heteroatoms. The molecule has 3 rings (SSSR count). The number of aryl methyl sites for hydroxylation is 1. The van der Waals surface area contributed by atoms with Crippen molar-refractivity contribution in [3.63, 3.8) is 0 Å². The molecule has 1 saturated carbocycles. The van der Waals surface area contributed by atoms with Crippen LogP contribution in [0.1, 0.15) is 31.2 Å². The zero-order valence-electron chi connectivity index (χ0n) is 11.1. The van der Waals surface area contributed by atoms with Crippen molar-refractivity contribution in [3.05, 3.63) is 23.8 Å². The largest absolute Gasteiger partial charge is 0.385 e. The van der Waals surface area contributed by atoms with Gasteiger partial charge < -0.3 is 16.4 Å². The molecule has 0 aromatic heterocycles. The van der Waals surface area contributed by atoms with Gasteiger partial charge in [-0.1, -0.05) is 0 Å². The minimum atomic E-state index is 0.0872. The quantitative estimate of drug-likeness (QED) is 0.762. The van der Waals surface area contributed by atoms with Gasteiger partial charge in [-0.25, -0.2) is 0 Å². The first kappa shape index (κ1) is 12.5. The number of carbonyl (C=O) groups is 1. The molecule has 1 heterocycles. The summed E-state index contributed by atoms with van der Waals surface area (Å²) in [6.07, 6.45) is 4.94. The van der Waals surface area contributed by atoms with E-state index >= 15 is 0 Å². The van der Waals surface area contributed by atoms with Crippen LogP contribution in [-0.4, -0.2) is 18.5 Å². The summed E-state index contributed by atoms with van der Waals surface area (Å²) < 4.78 is 0. The second-order valence-electron chi connectivity index (χ2n) is 5.66. The van der Waals surface area contributed by atoms with Crippen molar-refractivity contribution in [1.82, 2.24) is 0 Å². The van der Waals surface area contributed by atoms with Gasteiger partial charge in [0, 0.05) is 29.9 Å². The third-order valence-electron chi connectivity index (χ3n) is 4.16. The Kier molecular flexibility index (Phi) is 3.42. The third-order valence-corrected chi connectivity index (χ3v) is 4.16. The van der Waals surface area contributed by atoms with Crippen LogP contribution in [0.15, 0.2) is 18.2 Å². The summed E-state index contributed by atoms with van der Waals surface area (Å²) in [4.78, 5) is 12.1. The molecule has 4 nitrogen and oxygen atoms in total. The monoisotopic (exact) mass is 259 g/mol. The van der Waals surface area contributed by atoms with Gasteiger partial charge in [-0.05, 0) is 55.9 Å². The average Bonchev–Trinajstić information content (AvgIpc) is 2.85. The maximum absolute atomic E-state index is 12.1. The van der Waals surface area contributed by atoms with Crippen molar-refractivity contribution in [2.75, 3.05) is 17.2 Å². The summed E-state index contributed by atoms with van der Waals surface area (Å²) in [5.41, 5.74) is 9.27. The number of carbonyl (C=O) groups excluding carboxylic acids is 1. The first-order valence-electron chi connectivity index (χ1n) is 7.15. The molecule has 102 valence electrons. The van der Waals surface area contributed by atoms with E-state index in [1.54, 1.807) is 0 Å². The first-order chi connectivity index (χ1) is 9.22. The number of amides is 1. The molecule has 0 spiro atoms. The van der Waals surface area contributed by atoms with Crippen LogP contribution in [0.4, 0.5) is 11.4 Å². The maximum Gasteiger partial charge on any atom is 0.227 e. The van der Waals surface area contributed by atoms with Gasteiger partial charge in [-0.15, -0.1) is 0 Å². The third kappa shape index (κ3) is 2.73. The molecule has 2 atom stereocenters. The van der Waals surface area contributed by atoms with Crippen LogP contribution in [0, 0.1) is 5.92 Å². The molecular formula is C15H21N3O. The second kappa shape index (κ2) is 5.21. The van der Waals surface area contributed by atoms with Crippen molar-refractivity contribution < 1.29 is 4.79 Å². The summed E-state index contributed by atoms with van der Waals surface area (Å²) >= 11 is 0. The van der Waals surface area contributed by atoms with E-state index in [9.17, 15) is 4.79 Å². The normalized spacial score (nSPS) is 25.5. The molecule has 2 aliphatic rings. The van der Waals surface area contributed by atoms with E-state index in [4.69, 9.17) is 5.73 Å². The van der Waals surface area contributed by atoms with Gasteiger partial charge in [0.05, 0.1) is 0 Å². The minimum Gasteiger partial charge on any atom is -0.385 e. The molecule has 0 saturated heterocycles. The summed E-state index contributed by atoms with van der Waals surface area (Å²) in [6, 6.07) is 6.33. The number of nitrogens with one attached hydrogen (secondary N) is 2. The van der Waals surface area contributed by atoms with E-state index in [-0.39, 0.29) is 17.9 Å². The van der Waals surface area contributed by atoms with Crippen molar-refractivity contribution in [3.8, 4) is 0 Å². The highest BCUT2D eigenvalue weighted by molar-refractivity contribution is 5.93. The molecule has 2 unspecified atom stereocenters. The van der Waals surface area contributed by atoms with Crippen LogP contribution in [0.3, 0.4) is 0 Å². The summed E-state index contributed by atoms with van der Waals surface area (Å²) in [5, 5.41) is 6.41. The van der Waals surface area contributed by atoms with E-state index in [1.807, 2.05) is 6.07 Å². The van der Waals surface area contributed by atoms with Crippen molar-refractivity contribution in [2.24, 2.45) is 11.7 Å². The smallest absolute Gasteiger partial charge is 0.227 e. The van der Waals surface area contributed by atoms with Crippen LogP contribution in [0.5, 0.6) is 0 Å². The molecule has 1 aliphatic carbocycles. The number of benzene rings is 1. The van der Waals surface area contributed by atoms with Crippen molar-refractivity contribution in [2.45, 2.75) is 38.1 Å². The second-order valence-corrected chi connectivity index (χ2v) is 5.66. The molecular weight excluding hydrogens is 238 g/mol. The maximum atomic E-state index is 12.1. The predicted octanol–water partition coefficient (Wildman–Crippen LogP) is 2.11. The zero-order valence-corrected chi connectivity index (χ0v) is 11.1. The standard InChI is InChI=1S/C15H21N3O/c16-12-4-3-11(8-12)15(19)18-13-5-6-14-10(9-13)2-1-7-17-14/h5-6,9,11-12,17H,1-4,7-8,16H2,(H,18,19). The fourth-order valence-corrected chi connectivity index (χ4v) is 3.05. The van der Waals surface area contributed by atoms with Crippen molar-refractivity contribution in [1.29, 1.82) is 0 Å². The highest BCUT2D eigenvalue weighted by Crippen LogP contribution is 2.28. The highest BCUT2D eigenvalue weighted by Gasteiger charge is 2.27. The number of nitrogens with two attached hydrogens (primary N) is 1. The van der Waals surface area contributed by atoms with Gasteiger partial charge in [0.25, 0.3) is 0 Å². The van der Waals surface area contributed by atoms with E-state index in [1.165, 1.54) is 11.3 Å². The molecule has 1 aromatic rings. The molecule has 1 fully saturated rings. The van der Waals surface area contributed by atoms with Gasteiger partial charge in [-0.3, -0.25) is 4.79 Å². The van der Waals surface area contributed by atoms with Gasteiger partial charge in [-0.2, -0.15) is 0 Å². The Morgan fingerprint density at radius 3 is 3.05 bits per heavy atom. The number of rotatable bonds is 2. The average molecular weight is 259 g/mol. The predicted molar refractivity (Wildman–Crippen MR) is 77.2 cm³/mol. The molecule has 0 radical (unpaired) electrons. The number of anilines is 2. The number of hydrogen-bond donors (Lipinski definition) is 3. The summed E-state index contributed by atoms with van der Waals surface area (Å²) in [5.74, 6) is 0.209. The van der Waals surface area contributed by atoms with Gasteiger partial charge in [0.15, 0.2) is 0 Å². The topological polar surface area (TPSA) is 67.2 Å². The van der Waals surface area contributed by atoms with Gasteiger partial charge >= 0.3 is 0 Å². The lowest BCUT2D eigenvalue weighted by Crippen LogP contribution is -2.23. The fraction of sp³-hybridized carbons (Fsp3) is 0.533. The Labute approximate surface area is 113 Å². The Morgan fingerprint density at radius 2 is 2.26 bits per heavy atom. The highest BCUT2D eigenvalue weighted by atomic mass is 16.1. The SMILES string of the molecule is NC1CCC(C(=O)Nc2ccc3c(c2)CCCN3)C1. The number of hydrogen-bond acceptors (Lipinski definition) is 3. The van der Waals surface area contributed by atoms with Gasteiger partial charge in [0.2, 0.25) is 5.91 Å². The Balaban J connectivity index is 1.68. The van der Waals surface area contributed by atoms with E-state index in [0.29, 0.717) is 0 Å². The Bertz CT molecular complexity index is 486. The summed E-state index contributed by atoms with van der Waals surface area (Å²) in [6.45, 7) is 1.04. The minimum absolute atomic E-state index is 0.0872. The van der Waals surface area contributed by atoms with E-state index in [2.05, 4.69) is 22.8 Å². The Hall–Kier alpha value is -1.55. The lowest BCUT2D eigenvalue weighted by molar-refractivity contribution is -0.119. The molecule has 0 bridgehead atoms. The number of fused-ring (bicyclic) bond motifs is 1. The fourth-order valence-electron chi connectivity index (χ4n) is 3.05. The molecule has 1 amide bonds. The molecule has 19 heavy (non-hydrogen) atoms. The lowest BCUT2D eigenvalue weighted by Gasteiger charge is -2.19. The zero-order chi connectivity index (χ0) is 13.2. The molecule has 4 N–H and O–H groups in total. The molecule has 1 aliphatic heterocycles. The first-order valence-corrected chi connectivity index (χ1v) is 7.15. The lowest BCUT2D eigenvalue weighted by atomic mass is 10.0. The van der Waals surface area contributed by atoms with Gasteiger partial charge in [0.1, 0.15) is 0 Å². The summed E-state index contributed by atoms with van der Waals surface area (Å²) in [7, 11) is 0. The van der Waals surface area contributed by atoms with Crippen LogP contribution in [0.25, 0.3) is 0 Å². The van der Waals surface area contributed by atoms with Crippen LogP contribution in [-0.2, 0) is 11.2 Å². The molecule has 1 aromatic carbocycles. The van der Waals surface area contributed by atoms with E-state index in [0.717, 1.165) is 44.3 Å². The van der Waals surface area contributed by atoms with Crippen LogP contribution >= 0.6 is 0 Å². The Morgan fingerprint density at radius 1 is 1.37 bits per heavy atom. The van der Waals surface area contributed by atoms with Crippen LogP contribution in [0.2, 0.25) is 0 Å². The van der Waals surface area contributed by atoms with E-state index < -0.39 is 0 Å². The van der Waals surface area contributed by atoms with Crippen LogP contribution < -0.4 is 16.4 Å².